The van der Waals surface area contributed by atoms with Crippen molar-refractivity contribution in [2.75, 3.05) is 6.61 Å². The van der Waals surface area contributed by atoms with Crippen molar-refractivity contribution in [2.45, 2.75) is 20.8 Å². The van der Waals surface area contributed by atoms with Crippen molar-refractivity contribution in [3.05, 3.63) is 35.7 Å². The molecule has 0 N–H and O–H groups in total. The normalized spacial score (nSPS) is 10.4. The van der Waals surface area contributed by atoms with Crippen LogP contribution >= 0.6 is 0 Å². The summed E-state index contributed by atoms with van der Waals surface area (Å²) >= 11 is 0. The second-order valence-electron chi connectivity index (χ2n) is 3.73. The van der Waals surface area contributed by atoms with E-state index in [2.05, 4.69) is 15.0 Å². The zero-order chi connectivity index (χ0) is 13.1. The molecule has 6 heteroatoms. The van der Waals surface area contributed by atoms with Crippen LogP contribution in [0, 0.1) is 13.8 Å². The fourth-order valence-electron chi connectivity index (χ4n) is 1.57. The summed E-state index contributed by atoms with van der Waals surface area (Å²) in [7, 11) is 0. The third-order valence-electron chi connectivity index (χ3n) is 2.50. The number of hydrogen-bond donors (Lipinski definition) is 0. The highest BCUT2D eigenvalue weighted by Gasteiger charge is 2.13. The van der Waals surface area contributed by atoms with Crippen molar-refractivity contribution in [1.29, 1.82) is 0 Å². The van der Waals surface area contributed by atoms with Crippen LogP contribution in [0.4, 0.5) is 0 Å². The van der Waals surface area contributed by atoms with E-state index in [0.29, 0.717) is 23.8 Å². The topological polar surface area (TPSA) is 69.9 Å². The zero-order valence-corrected chi connectivity index (χ0v) is 10.5. The van der Waals surface area contributed by atoms with E-state index in [9.17, 15) is 4.79 Å². The second kappa shape index (κ2) is 4.95. The SMILES string of the molecule is CCOC(=O)c1cnc(-n2ccnc2C)nc1C. The van der Waals surface area contributed by atoms with Crippen LogP contribution in [0.1, 0.15) is 28.8 Å². The Morgan fingerprint density at radius 3 is 2.72 bits per heavy atom. The maximum atomic E-state index is 11.6. The minimum absolute atomic E-state index is 0.334. The third kappa shape index (κ3) is 2.22. The number of imidazole rings is 1. The van der Waals surface area contributed by atoms with Crippen LogP contribution in [0.2, 0.25) is 0 Å². The summed E-state index contributed by atoms with van der Waals surface area (Å²) in [6.07, 6.45) is 4.93. The molecule has 2 heterocycles. The summed E-state index contributed by atoms with van der Waals surface area (Å²) in [5, 5.41) is 0. The molecule has 94 valence electrons. The Balaban J connectivity index is 2.36. The lowest BCUT2D eigenvalue weighted by Crippen LogP contribution is -2.11. The lowest BCUT2D eigenvalue weighted by Gasteiger charge is -2.07. The minimum atomic E-state index is -0.399. The molecule has 0 spiro atoms. The van der Waals surface area contributed by atoms with Crippen molar-refractivity contribution >= 4 is 5.97 Å². The average molecular weight is 246 g/mol. The van der Waals surface area contributed by atoms with Crippen LogP contribution in [-0.4, -0.2) is 32.1 Å². The van der Waals surface area contributed by atoms with Gasteiger partial charge in [0, 0.05) is 18.6 Å². The van der Waals surface area contributed by atoms with Gasteiger partial charge in [-0.2, -0.15) is 0 Å². The molecule has 0 amide bonds. The second-order valence-corrected chi connectivity index (χ2v) is 3.73. The van der Waals surface area contributed by atoms with E-state index < -0.39 is 5.97 Å². The number of aryl methyl sites for hydroxylation is 2. The van der Waals surface area contributed by atoms with Gasteiger partial charge in [0.05, 0.1) is 17.9 Å². The number of carbonyl (C=O) groups is 1. The van der Waals surface area contributed by atoms with Gasteiger partial charge in [-0.15, -0.1) is 0 Å². The Hall–Kier alpha value is -2.24. The van der Waals surface area contributed by atoms with Crippen molar-refractivity contribution in [2.24, 2.45) is 0 Å². The van der Waals surface area contributed by atoms with E-state index in [4.69, 9.17) is 4.74 Å². The summed E-state index contributed by atoms with van der Waals surface area (Å²) < 4.78 is 6.68. The first-order valence-electron chi connectivity index (χ1n) is 5.64. The number of nitrogens with zero attached hydrogens (tertiary/aromatic N) is 4. The zero-order valence-electron chi connectivity index (χ0n) is 10.5. The van der Waals surface area contributed by atoms with Gasteiger partial charge in [-0.25, -0.2) is 19.7 Å². The van der Waals surface area contributed by atoms with E-state index in [-0.39, 0.29) is 0 Å². The first-order valence-corrected chi connectivity index (χ1v) is 5.64. The fourth-order valence-corrected chi connectivity index (χ4v) is 1.57. The van der Waals surface area contributed by atoms with E-state index in [1.165, 1.54) is 6.20 Å². The molecule has 0 unspecified atom stereocenters. The summed E-state index contributed by atoms with van der Waals surface area (Å²) in [4.78, 5) is 24.2. The highest BCUT2D eigenvalue weighted by atomic mass is 16.5. The molecule has 0 radical (unpaired) electrons. The first-order chi connectivity index (χ1) is 8.63. The van der Waals surface area contributed by atoms with Crippen LogP contribution in [0.3, 0.4) is 0 Å². The van der Waals surface area contributed by atoms with Gasteiger partial charge in [0.2, 0.25) is 5.95 Å². The molecule has 18 heavy (non-hydrogen) atoms. The Morgan fingerprint density at radius 2 is 2.17 bits per heavy atom. The molecule has 2 rings (SSSR count). The molecule has 6 nitrogen and oxygen atoms in total. The smallest absolute Gasteiger partial charge is 0.341 e. The van der Waals surface area contributed by atoms with E-state index in [1.807, 2.05) is 6.92 Å². The lowest BCUT2D eigenvalue weighted by molar-refractivity contribution is 0.0524. The van der Waals surface area contributed by atoms with Gasteiger partial charge in [-0.3, -0.25) is 4.57 Å². The average Bonchev–Trinajstić information content (AvgIpc) is 2.75. The van der Waals surface area contributed by atoms with Gasteiger partial charge in [0.25, 0.3) is 0 Å². The molecule has 0 aliphatic carbocycles. The van der Waals surface area contributed by atoms with Crippen LogP contribution in [-0.2, 0) is 4.74 Å². The monoisotopic (exact) mass is 246 g/mol. The molecule has 0 aliphatic rings. The Morgan fingerprint density at radius 1 is 1.39 bits per heavy atom. The molecule has 0 aliphatic heterocycles. The van der Waals surface area contributed by atoms with E-state index in [1.54, 1.807) is 30.8 Å². The van der Waals surface area contributed by atoms with Crippen molar-refractivity contribution in [3.8, 4) is 5.95 Å². The van der Waals surface area contributed by atoms with Crippen molar-refractivity contribution in [1.82, 2.24) is 19.5 Å². The highest BCUT2D eigenvalue weighted by molar-refractivity contribution is 5.90. The number of rotatable bonds is 3. The van der Waals surface area contributed by atoms with E-state index >= 15 is 0 Å². The van der Waals surface area contributed by atoms with Gasteiger partial charge in [0.1, 0.15) is 5.82 Å². The quantitative estimate of drug-likeness (QED) is 0.767. The van der Waals surface area contributed by atoms with Crippen LogP contribution in [0.5, 0.6) is 0 Å². The largest absolute Gasteiger partial charge is 0.462 e. The van der Waals surface area contributed by atoms with Crippen LogP contribution < -0.4 is 0 Å². The summed E-state index contributed by atoms with van der Waals surface area (Å²) in [5.41, 5.74) is 0.977. The standard InChI is InChI=1S/C12H14N4O2/c1-4-18-11(17)10-7-14-12(15-8(10)2)16-6-5-13-9(16)3/h5-7H,4H2,1-3H3. The summed E-state index contributed by atoms with van der Waals surface area (Å²) in [6, 6.07) is 0. The number of carbonyl (C=O) groups excluding carboxylic acids is 1. The summed E-state index contributed by atoms with van der Waals surface area (Å²) in [6.45, 7) is 5.71. The Labute approximate surface area is 105 Å². The molecular formula is C12H14N4O2. The maximum absolute atomic E-state index is 11.6. The highest BCUT2D eigenvalue weighted by Crippen LogP contribution is 2.10. The Kier molecular flexibility index (Phi) is 3.36. The van der Waals surface area contributed by atoms with Gasteiger partial charge < -0.3 is 4.74 Å². The number of hydrogen-bond acceptors (Lipinski definition) is 5. The van der Waals surface area contributed by atoms with Gasteiger partial charge in [0.15, 0.2) is 0 Å². The minimum Gasteiger partial charge on any atom is -0.462 e. The molecule has 2 aromatic rings. The molecule has 2 aromatic heterocycles. The lowest BCUT2D eigenvalue weighted by atomic mass is 10.2. The van der Waals surface area contributed by atoms with Gasteiger partial charge >= 0.3 is 5.97 Å². The maximum Gasteiger partial charge on any atom is 0.341 e. The summed E-state index contributed by atoms with van der Waals surface area (Å²) in [5.74, 6) is 0.887. The number of esters is 1. The van der Waals surface area contributed by atoms with Gasteiger partial charge in [-0.05, 0) is 20.8 Å². The third-order valence-corrected chi connectivity index (χ3v) is 2.50. The molecular weight excluding hydrogens is 232 g/mol. The predicted octanol–water partition coefficient (Wildman–Crippen LogP) is 1.46. The van der Waals surface area contributed by atoms with Crippen LogP contribution in [0.15, 0.2) is 18.6 Å². The van der Waals surface area contributed by atoms with Crippen molar-refractivity contribution < 1.29 is 9.53 Å². The molecule has 0 bridgehead atoms. The van der Waals surface area contributed by atoms with E-state index in [0.717, 1.165) is 5.82 Å². The fraction of sp³-hybridized carbons (Fsp3) is 0.333. The molecule has 0 saturated carbocycles. The molecule has 0 fully saturated rings. The van der Waals surface area contributed by atoms with Crippen molar-refractivity contribution in [3.63, 3.8) is 0 Å². The Bertz CT molecular complexity index is 577. The number of aromatic nitrogens is 4. The first kappa shape index (κ1) is 12.2. The van der Waals surface area contributed by atoms with Gasteiger partial charge in [-0.1, -0.05) is 0 Å². The molecule has 0 atom stereocenters. The molecule has 0 aromatic carbocycles. The molecule has 0 saturated heterocycles. The predicted molar refractivity (Wildman–Crippen MR) is 64.6 cm³/mol. The van der Waals surface area contributed by atoms with Crippen LogP contribution in [0.25, 0.3) is 5.95 Å². The number of ether oxygens (including phenoxy) is 1.